The molecule has 1 unspecified atom stereocenters. The van der Waals surface area contributed by atoms with E-state index in [-0.39, 0.29) is 0 Å². The van der Waals surface area contributed by atoms with Gasteiger partial charge in [-0.05, 0) is 21.1 Å². The van der Waals surface area contributed by atoms with Crippen molar-refractivity contribution >= 4 is 0 Å². The van der Waals surface area contributed by atoms with E-state index in [9.17, 15) is 0 Å². The normalized spacial score (nSPS) is 27.8. The minimum Gasteiger partial charge on any atom is -0.374 e. The minimum atomic E-state index is 0.406. The van der Waals surface area contributed by atoms with Gasteiger partial charge in [0.05, 0.1) is 12.7 Å². The van der Waals surface area contributed by atoms with Crippen LogP contribution in [0.1, 0.15) is 0 Å². The van der Waals surface area contributed by atoms with E-state index < -0.39 is 0 Å². The molecule has 0 aliphatic carbocycles. The second kappa shape index (κ2) is 4.04. The van der Waals surface area contributed by atoms with Crippen molar-refractivity contribution in [3.8, 4) is 0 Å². The topological polar surface area (TPSA) is 15.7 Å². The average Bonchev–Trinajstić information content (AvgIpc) is 1.85. The number of nitrogens with zero attached hydrogens (tertiary/aromatic N) is 2. The molecule has 1 aliphatic heterocycles. The van der Waals surface area contributed by atoms with E-state index in [4.69, 9.17) is 4.74 Å². The van der Waals surface area contributed by atoms with E-state index in [1.165, 1.54) is 0 Å². The fourth-order valence-electron chi connectivity index (χ4n) is 1.38. The molecule has 0 N–H and O–H groups in total. The predicted octanol–water partition coefficient (Wildman–Crippen LogP) is -0.121. The maximum absolute atomic E-state index is 5.58. The molecule has 3 heteroatoms. The van der Waals surface area contributed by atoms with Crippen molar-refractivity contribution in [3.05, 3.63) is 0 Å². The molecule has 0 saturated carbocycles. The fraction of sp³-hybridized carbons (Fsp3) is 1.00. The highest BCUT2D eigenvalue weighted by Crippen LogP contribution is 2.02. The molecule has 1 heterocycles. The zero-order valence-corrected chi connectivity index (χ0v) is 7.71. The summed E-state index contributed by atoms with van der Waals surface area (Å²) in [5, 5.41) is 0. The number of ether oxygens (including phenoxy) is 1. The first-order chi connectivity index (χ1) is 5.18. The van der Waals surface area contributed by atoms with Crippen molar-refractivity contribution < 1.29 is 4.74 Å². The number of rotatable bonds is 2. The Morgan fingerprint density at radius 1 is 1.55 bits per heavy atom. The Balaban J connectivity index is 2.23. The Labute approximate surface area is 68.9 Å². The summed E-state index contributed by atoms with van der Waals surface area (Å²) in [6, 6.07) is 0. The monoisotopic (exact) mass is 158 g/mol. The van der Waals surface area contributed by atoms with Crippen molar-refractivity contribution in [1.29, 1.82) is 0 Å². The summed E-state index contributed by atoms with van der Waals surface area (Å²) >= 11 is 0. The molecular formula is C8H18N2O. The maximum Gasteiger partial charge on any atom is 0.0828 e. The molecule has 0 aromatic heterocycles. The molecule has 1 atom stereocenters. The molecule has 0 aromatic carbocycles. The highest BCUT2D eigenvalue weighted by Gasteiger charge is 2.17. The van der Waals surface area contributed by atoms with Gasteiger partial charge in [0.15, 0.2) is 0 Å². The van der Waals surface area contributed by atoms with E-state index in [0.717, 1.165) is 26.2 Å². The van der Waals surface area contributed by atoms with Crippen molar-refractivity contribution in [3.63, 3.8) is 0 Å². The van der Waals surface area contributed by atoms with Gasteiger partial charge >= 0.3 is 0 Å². The van der Waals surface area contributed by atoms with Crippen LogP contribution in [0.3, 0.4) is 0 Å². The van der Waals surface area contributed by atoms with Crippen molar-refractivity contribution in [1.82, 2.24) is 9.80 Å². The van der Waals surface area contributed by atoms with Crippen molar-refractivity contribution in [2.75, 3.05) is 47.4 Å². The first-order valence-electron chi connectivity index (χ1n) is 4.13. The van der Waals surface area contributed by atoms with Crippen LogP contribution >= 0.6 is 0 Å². The summed E-state index contributed by atoms with van der Waals surface area (Å²) < 4.78 is 5.58. The average molecular weight is 158 g/mol. The lowest BCUT2D eigenvalue weighted by Crippen LogP contribution is -2.44. The Morgan fingerprint density at radius 2 is 2.27 bits per heavy atom. The van der Waals surface area contributed by atoms with Gasteiger partial charge in [-0.3, -0.25) is 0 Å². The van der Waals surface area contributed by atoms with E-state index in [1.54, 1.807) is 0 Å². The molecule has 1 aliphatic rings. The van der Waals surface area contributed by atoms with Gasteiger partial charge in [0, 0.05) is 19.6 Å². The van der Waals surface area contributed by atoms with Crippen molar-refractivity contribution in [2.45, 2.75) is 6.10 Å². The van der Waals surface area contributed by atoms with E-state index in [0.29, 0.717) is 6.10 Å². The smallest absolute Gasteiger partial charge is 0.0828 e. The molecule has 1 rings (SSSR count). The van der Waals surface area contributed by atoms with Gasteiger partial charge in [-0.25, -0.2) is 0 Å². The SMILES string of the molecule is CN(C)CC1CN(C)CCO1. The molecular weight excluding hydrogens is 140 g/mol. The molecule has 66 valence electrons. The fourth-order valence-corrected chi connectivity index (χ4v) is 1.38. The third-order valence-electron chi connectivity index (χ3n) is 1.91. The molecule has 1 fully saturated rings. The molecule has 0 bridgehead atoms. The summed E-state index contributed by atoms with van der Waals surface area (Å²) in [5.41, 5.74) is 0. The summed E-state index contributed by atoms with van der Waals surface area (Å²) in [6.07, 6.45) is 0.406. The largest absolute Gasteiger partial charge is 0.374 e. The second-order valence-corrected chi connectivity index (χ2v) is 3.52. The molecule has 0 aromatic rings. The number of hydrogen-bond acceptors (Lipinski definition) is 3. The third-order valence-corrected chi connectivity index (χ3v) is 1.91. The molecule has 0 radical (unpaired) electrons. The summed E-state index contributed by atoms with van der Waals surface area (Å²) in [7, 11) is 6.31. The predicted molar refractivity (Wildman–Crippen MR) is 45.8 cm³/mol. The van der Waals surface area contributed by atoms with Gasteiger partial charge < -0.3 is 14.5 Å². The van der Waals surface area contributed by atoms with Gasteiger partial charge in [0.25, 0.3) is 0 Å². The van der Waals surface area contributed by atoms with Crippen LogP contribution in [0, 0.1) is 0 Å². The Bertz CT molecular complexity index is 115. The van der Waals surface area contributed by atoms with Crippen LogP contribution in [0.15, 0.2) is 0 Å². The van der Waals surface area contributed by atoms with Crippen LogP contribution in [0.5, 0.6) is 0 Å². The lowest BCUT2D eigenvalue weighted by Gasteiger charge is -2.31. The van der Waals surface area contributed by atoms with Gasteiger partial charge in [-0.2, -0.15) is 0 Å². The number of hydrogen-bond donors (Lipinski definition) is 0. The molecule has 0 spiro atoms. The quantitative estimate of drug-likeness (QED) is 0.557. The Morgan fingerprint density at radius 3 is 2.82 bits per heavy atom. The standard InChI is InChI=1S/C8H18N2O/c1-9(2)6-8-7-10(3)4-5-11-8/h8H,4-7H2,1-3H3. The lowest BCUT2D eigenvalue weighted by atomic mass is 10.3. The summed E-state index contributed by atoms with van der Waals surface area (Å²) in [6.45, 7) is 4.06. The van der Waals surface area contributed by atoms with Crippen LogP contribution < -0.4 is 0 Å². The molecule has 0 amide bonds. The minimum absolute atomic E-state index is 0.406. The molecule has 1 saturated heterocycles. The lowest BCUT2D eigenvalue weighted by molar-refractivity contribution is -0.0297. The third kappa shape index (κ3) is 3.18. The van der Waals surface area contributed by atoms with E-state index in [2.05, 4.69) is 30.9 Å². The van der Waals surface area contributed by atoms with Gasteiger partial charge in [-0.15, -0.1) is 0 Å². The van der Waals surface area contributed by atoms with Crippen LogP contribution in [0.4, 0.5) is 0 Å². The highest BCUT2D eigenvalue weighted by atomic mass is 16.5. The Kier molecular flexibility index (Phi) is 3.30. The first-order valence-corrected chi connectivity index (χ1v) is 4.13. The Hall–Kier alpha value is -0.120. The number of morpholine rings is 1. The summed E-state index contributed by atoms with van der Waals surface area (Å²) in [5.74, 6) is 0. The van der Waals surface area contributed by atoms with Gasteiger partial charge in [-0.1, -0.05) is 0 Å². The van der Waals surface area contributed by atoms with Gasteiger partial charge in [0.1, 0.15) is 0 Å². The van der Waals surface area contributed by atoms with Crippen LogP contribution in [-0.2, 0) is 4.74 Å². The number of likely N-dealkylation sites (N-methyl/N-ethyl adjacent to an activating group) is 2. The summed E-state index contributed by atoms with van der Waals surface area (Å²) in [4.78, 5) is 4.49. The van der Waals surface area contributed by atoms with Crippen molar-refractivity contribution in [2.24, 2.45) is 0 Å². The van der Waals surface area contributed by atoms with Crippen LogP contribution in [-0.4, -0.2) is 63.3 Å². The van der Waals surface area contributed by atoms with E-state index >= 15 is 0 Å². The zero-order chi connectivity index (χ0) is 8.27. The molecule has 3 nitrogen and oxygen atoms in total. The zero-order valence-electron chi connectivity index (χ0n) is 7.71. The van der Waals surface area contributed by atoms with Crippen LogP contribution in [0.2, 0.25) is 0 Å². The van der Waals surface area contributed by atoms with Crippen LogP contribution in [0.25, 0.3) is 0 Å². The first kappa shape index (κ1) is 8.97. The maximum atomic E-state index is 5.58. The highest BCUT2D eigenvalue weighted by molar-refractivity contribution is 4.70. The van der Waals surface area contributed by atoms with Gasteiger partial charge in [0.2, 0.25) is 0 Å². The van der Waals surface area contributed by atoms with E-state index in [1.807, 2.05) is 0 Å². The molecule has 11 heavy (non-hydrogen) atoms. The second-order valence-electron chi connectivity index (χ2n) is 3.52.